The van der Waals surface area contributed by atoms with Crippen molar-refractivity contribution in [2.45, 2.75) is 39.5 Å². The first-order chi connectivity index (χ1) is 28.4. The number of benzene rings is 7. The zero-order valence-corrected chi connectivity index (χ0v) is 36.6. The normalized spacial score (nSPS) is 11.2. The van der Waals surface area contributed by atoms with Crippen molar-refractivity contribution < 1.29 is 24.5 Å². The van der Waals surface area contributed by atoms with Crippen molar-refractivity contribution in [3.8, 4) is 55.2 Å². The van der Waals surface area contributed by atoms with E-state index >= 15 is 0 Å². The van der Waals surface area contributed by atoms with Crippen LogP contribution in [0.25, 0.3) is 87.4 Å². The third-order valence-electron chi connectivity index (χ3n) is 10.7. The van der Waals surface area contributed by atoms with Crippen LogP contribution in [0.1, 0.15) is 50.7 Å². The Bertz CT molecular complexity index is 2920. The number of fused-ring (bicyclic) bond motifs is 4. The van der Waals surface area contributed by atoms with Gasteiger partial charge in [0.15, 0.2) is 0 Å². The molecule has 1 radical (unpaired) electrons. The number of hydrogen-bond donors (Lipinski definition) is 0. The Balaban J connectivity index is 0.000000319. The largest absolute Gasteiger partial charge is 0.501 e. The van der Waals surface area contributed by atoms with E-state index in [9.17, 15) is 0 Å². The van der Waals surface area contributed by atoms with Gasteiger partial charge in [-0.25, -0.2) is 0 Å². The van der Waals surface area contributed by atoms with E-state index in [4.69, 9.17) is 9.40 Å². The van der Waals surface area contributed by atoms with Gasteiger partial charge in [-0.05, 0) is 74.7 Å². The van der Waals surface area contributed by atoms with Crippen LogP contribution >= 0.6 is 11.3 Å². The molecule has 3 aromatic heterocycles. The van der Waals surface area contributed by atoms with Gasteiger partial charge in [-0.3, -0.25) is 4.98 Å². The minimum Gasteiger partial charge on any atom is -0.501 e. The Morgan fingerprint density at radius 2 is 1.25 bits per heavy atom. The number of para-hydroxylation sites is 1. The van der Waals surface area contributed by atoms with E-state index in [0.717, 1.165) is 49.3 Å². The quantitative estimate of drug-likeness (QED) is 0.149. The predicted molar refractivity (Wildman–Crippen MR) is 244 cm³/mol. The Morgan fingerprint density at radius 3 is 1.95 bits per heavy atom. The number of aromatic nitrogens is 2. The molecule has 0 bridgehead atoms. The summed E-state index contributed by atoms with van der Waals surface area (Å²) in [6.45, 7) is 9.22. The van der Waals surface area contributed by atoms with E-state index in [1.54, 1.807) is 17.5 Å². The molecular weight excluding hydrogens is 917 g/mol. The van der Waals surface area contributed by atoms with Crippen molar-refractivity contribution in [1.82, 2.24) is 9.97 Å². The first kappa shape index (κ1) is 39.8. The van der Waals surface area contributed by atoms with E-state index in [1.165, 1.54) is 49.2 Å². The number of furan rings is 1. The third-order valence-corrected chi connectivity index (χ3v) is 11.8. The van der Waals surface area contributed by atoms with Gasteiger partial charge in [-0.1, -0.05) is 148 Å². The Kier molecular flexibility index (Phi) is 11.8. The maximum Gasteiger partial charge on any atom is 0.120 e. The summed E-state index contributed by atoms with van der Waals surface area (Å²) in [5.74, 6) is 0.688. The van der Waals surface area contributed by atoms with Gasteiger partial charge in [0.2, 0.25) is 0 Å². The van der Waals surface area contributed by atoms with Gasteiger partial charge >= 0.3 is 0 Å². The molecule has 0 N–H and O–H groups in total. The van der Waals surface area contributed by atoms with Crippen molar-refractivity contribution >= 4 is 43.5 Å². The summed E-state index contributed by atoms with van der Waals surface area (Å²) < 4.78 is 7.57. The average molecular weight is 959 g/mol. The van der Waals surface area contributed by atoms with Crippen LogP contribution in [0.2, 0.25) is 0 Å². The number of rotatable bonds is 7. The van der Waals surface area contributed by atoms with Crippen LogP contribution in [0.3, 0.4) is 0 Å². The average Bonchev–Trinajstić information content (AvgIpc) is 3.89. The van der Waals surface area contributed by atoms with Crippen LogP contribution in [0.15, 0.2) is 174 Å². The molecular formula is C54H42IrN2OS-2. The monoisotopic (exact) mass is 959 g/mol. The fourth-order valence-corrected chi connectivity index (χ4v) is 8.83. The summed E-state index contributed by atoms with van der Waals surface area (Å²) in [5, 5.41) is 3.15. The molecule has 7 aromatic carbocycles. The molecule has 0 fully saturated rings. The first-order valence-corrected chi connectivity index (χ1v) is 20.7. The zero-order chi connectivity index (χ0) is 39.6. The molecule has 5 heteroatoms. The van der Waals surface area contributed by atoms with E-state index in [1.807, 2.05) is 60.7 Å². The summed E-state index contributed by atoms with van der Waals surface area (Å²) in [7, 11) is 0. The van der Waals surface area contributed by atoms with Gasteiger partial charge in [0.25, 0.3) is 0 Å². The fourth-order valence-electron chi connectivity index (χ4n) is 7.74. The van der Waals surface area contributed by atoms with Crippen molar-refractivity contribution in [1.29, 1.82) is 0 Å². The molecule has 0 saturated heterocycles. The van der Waals surface area contributed by atoms with Crippen LogP contribution in [-0.2, 0) is 20.1 Å². The van der Waals surface area contributed by atoms with Crippen LogP contribution < -0.4 is 0 Å². The molecule has 291 valence electrons. The molecule has 0 saturated carbocycles. The number of thiazole rings is 1. The van der Waals surface area contributed by atoms with E-state index in [-0.39, 0.29) is 20.1 Å². The molecule has 3 heterocycles. The smallest absolute Gasteiger partial charge is 0.120 e. The fraction of sp³-hybridized carbons (Fsp3) is 0.111. The molecule has 0 amide bonds. The SMILES string of the molecule is CC(C)c1cc(-c2ccc(-c3ccccc3)cc2)cc(C(C)C)c1-c1cccc2nc(-c3[c-]ccc4c3oc3ccccc34)sc12.[Ir].[c-]1ccccc1-c1ccccn1. The summed E-state index contributed by atoms with van der Waals surface area (Å²) in [4.78, 5) is 9.38. The molecule has 0 aliphatic carbocycles. The summed E-state index contributed by atoms with van der Waals surface area (Å²) >= 11 is 1.74. The minimum atomic E-state index is 0. The zero-order valence-electron chi connectivity index (χ0n) is 33.4. The second kappa shape index (κ2) is 17.5. The van der Waals surface area contributed by atoms with Crippen LogP contribution in [0.4, 0.5) is 0 Å². The molecule has 0 aliphatic heterocycles. The van der Waals surface area contributed by atoms with Crippen molar-refractivity contribution in [3.05, 3.63) is 193 Å². The maximum absolute atomic E-state index is 6.37. The van der Waals surface area contributed by atoms with Crippen molar-refractivity contribution in [2.24, 2.45) is 0 Å². The van der Waals surface area contributed by atoms with Gasteiger partial charge in [-0.15, -0.1) is 54.1 Å². The Hall–Kier alpha value is -5.97. The predicted octanol–water partition coefficient (Wildman–Crippen LogP) is 15.5. The molecule has 0 unspecified atom stereocenters. The minimum absolute atomic E-state index is 0. The standard InChI is InChI=1S/C43H34NOS.C11H8N.Ir/c1-26(2)36-24-31(30-22-20-29(21-23-30)28-12-6-5-7-13-28)25-37(27(3)4)40(36)34-16-11-18-38-42(34)46-43(44-38)35-17-10-15-33-32-14-8-9-19-39(32)45-41(33)35;1-2-6-10(7-3-1)11-8-4-5-9-12-11;/h5-16,18-27H,1-4H3;1-6,8-9H;/q2*-1;. The molecule has 0 atom stereocenters. The first-order valence-electron chi connectivity index (χ1n) is 19.9. The molecule has 10 aromatic rings. The van der Waals surface area contributed by atoms with Gasteiger partial charge in [0.1, 0.15) is 5.58 Å². The number of nitrogens with zero attached hydrogens (tertiary/aromatic N) is 2. The third kappa shape index (κ3) is 8.07. The van der Waals surface area contributed by atoms with Gasteiger partial charge in [0, 0.05) is 42.3 Å². The Morgan fingerprint density at radius 1 is 0.576 bits per heavy atom. The summed E-state index contributed by atoms with van der Waals surface area (Å²) in [5.41, 5.74) is 15.9. The van der Waals surface area contributed by atoms with E-state index in [2.05, 4.69) is 148 Å². The van der Waals surface area contributed by atoms with Crippen molar-refractivity contribution in [2.75, 3.05) is 0 Å². The number of hydrogen-bond acceptors (Lipinski definition) is 4. The molecule has 0 spiro atoms. The topological polar surface area (TPSA) is 38.9 Å². The van der Waals surface area contributed by atoms with Crippen LogP contribution in [0.5, 0.6) is 0 Å². The van der Waals surface area contributed by atoms with Crippen LogP contribution in [-0.4, -0.2) is 9.97 Å². The molecule has 59 heavy (non-hydrogen) atoms. The molecule has 3 nitrogen and oxygen atoms in total. The maximum atomic E-state index is 6.37. The van der Waals surface area contributed by atoms with Gasteiger partial charge < -0.3 is 9.40 Å². The summed E-state index contributed by atoms with van der Waals surface area (Å²) in [6, 6.07) is 63.5. The molecule has 0 aliphatic rings. The Labute approximate surface area is 363 Å². The van der Waals surface area contributed by atoms with E-state index in [0.29, 0.717) is 11.8 Å². The van der Waals surface area contributed by atoms with Gasteiger partial charge in [-0.2, -0.15) is 11.3 Å². The summed E-state index contributed by atoms with van der Waals surface area (Å²) in [6.07, 6.45) is 1.79. The molecule has 10 rings (SSSR count). The van der Waals surface area contributed by atoms with Crippen molar-refractivity contribution in [3.63, 3.8) is 0 Å². The second-order valence-electron chi connectivity index (χ2n) is 15.1. The van der Waals surface area contributed by atoms with Crippen LogP contribution in [0, 0.1) is 12.1 Å². The second-order valence-corrected chi connectivity index (χ2v) is 16.1. The van der Waals surface area contributed by atoms with E-state index < -0.39 is 0 Å². The van der Waals surface area contributed by atoms with Gasteiger partial charge in [0.05, 0.1) is 15.8 Å². The number of pyridine rings is 1.